The minimum absolute atomic E-state index is 0.0567. The second-order valence-corrected chi connectivity index (χ2v) is 6.31. The molecule has 4 nitrogen and oxygen atoms in total. The van der Waals surface area contributed by atoms with Gasteiger partial charge in [-0.25, -0.2) is 0 Å². The maximum Gasteiger partial charge on any atom is 0.243 e. The summed E-state index contributed by atoms with van der Waals surface area (Å²) in [6, 6.07) is 14.7. The zero-order valence-corrected chi connectivity index (χ0v) is 14.6. The first kappa shape index (κ1) is 18.0. The topological polar surface area (TPSA) is 58.2 Å². The third-order valence-electron chi connectivity index (χ3n) is 3.58. The van der Waals surface area contributed by atoms with Crippen LogP contribution in [-0.2, 0) is 16.0 Å². The number of rotatable bonds is 6. The Morgan fingerprint density at radius 1 is 1.00 bits per heavy atom. The van der Waals surface area contributed by atoms with Crippen molar-refractivity contribution in [1.29, 1.82) is 0 Å². The molecule has 0 aromatic heterocycles. The highest BCUT2D eigenvalue weighted by atomic mass is 35.5. The summed E-state index contributed by atoms with van der Waals surface area (Å²) in [6.45, 7) is 4.08. The van der Waals surface area contributed by atoms with Gasteiger partial charge in [0.1, 0.15) is 0 Å². The van der Waals surface area contributed by atoms with Crippen LogP contribution in [0.3, 0.4) is 0 Å². The third kappa shape index (κ3) is 5.39. The highest BCUT2D eigenvalue weighted by Gasteiger charge is 2.10. The van der Waals surface area contributed by atoms with Crippen LogP contribution in [0.2, 0.25) is 5.02 Å². The molecule has 0 spiro atoms. The van der Waals surface area contributed by atoms with E-state index in [1.165, 1.54) is 0 Å². The van der Waals surface area contributed by atoms with E-state index >= 15 is 0 Å². The number of anilines is 1. The predicted octanol–water partition coefficient (Wildman–Crippen LogP) is 3.76. The molecule has 2 rings (SSSR count). The van der Waals surface area contributed by atoms with Crippen molar-refractivity contribution in [2.45, 2.75) is 26.2 Å². The van der Waals surface area contributed by atoms with Crippen LogP contribution in [-0.4, -0.2) is 18.4 Å². The molecule has 0 radical (unpaired) electrons. The van der Waals surface area contributed by atoms with E-state index in [0.29, 0.717) is 10.9 Å². The number of halogens is 1. The molecule has 5 heteroatoms. The lowest BCUT2D eigenvalue weighted by Crippen LogP contribution is -2.34. The standard InChI is InChI=1S/C19H21ClN2O2/c1-13(2)16-5-3-4-6-17(16)22-19(24)12-21-18(23)11-14-7-9-15(20)10-8-14/h3-10,13H,11-12H2,1-2H3,(H,21,23)(H,22,24). The van der Waals surface area contributed by atoms with Crippen molar-refractivity contribution in [2.75, 3.05) is 11.9 Å². The summed E-state index contributed by atoms with van der Waals surface area (Å²) in [6.07, 6.45) is 0.215. The van der Waals surface area contributed by atoms with Crippen LogP contribution in [0.25, 0.3) is 0 Å². The fraction of sp³-hybridized carbons (Fsp3) is 0.263. The maximum absolute atomic E-state index is 12.0. The largest absolute Gasteiger partial charge is 0.347 e. The molecule has 126 valence electrons. The second-order valence-electron chi connectivity index (χ2n) is 5.87. The number of amides is 2. The van der Waals surface area contributed by atoms with Gasteiger partial charge in [0.05, 0.1) is 13.0 Å². The van der Waals surface area contributed by atoms with Gasteiger partial charge in [-0.1, -0.05) is 55.8 Å². The van der Waals surface area contributed by atoms with Crippen molar-refractivity contribution >= 4 is 29.1 Å². The smallest absolute Gasteiger partial charge is 0.243 e. The van der Waals surface area contributed by atoms with Gasteiger partial charge in [0.25, 0.3) is 0 Å². The summed E-state index contributed by atoms with van der Waals surface area (Å²) in [5.74, 6) is -0.141. The predicted molar refractivity (Wildman–Crippen MR) is 97.3 cm³/mol. The van der Waals surface area contributed by atoms with Gasteiger partial charge < -0.3 is 10.6 Å². The van der Waals surface area contributed by atoms with E-state index in [-0.39, 0.29) is 24.8 Å². The van der Waals surface area contributed by atoms with E-state index in [2.05, 4.69) is 24.5 Å². The second kappa shape index (κ2) is 8.50. The van der Waals surface area contributed by atoms with Gasteiger partial charge in [0.15, 0.2) is 0 Å². The van der Waals surface area contributed by atoms with E-state index < -0.39 is 0 Å². The molecule has 0 atom stereocenters. The quantitative estimate of drug-likeness (QED) is 0.838. The lowest BCUT2D eigenvalue weighted by molar-refractivity contribution is -0.123. The first-order chi connectivity index (χ1) is 11.5. The van der Waals surface area contributed by atoms with Crippen molar-refractivity contribution in [2.24, 2.45) is 0 Å². The number of hydrogen-bond donors (Lipinski definition) is 2. The Labute approximate surface area is 147 Å². The summed E-state index contributed by atoms with van der Waals surface area (Å²) < 4.78 is 0. The molecule has 2 N–H and O–H groups in total. The molecule has 0 heterocycles. The monoisotopic (exact) mass is 344 g/mol. The Balaban J connectivity index is 1.85. The molecule has 0 unspecified atom stereocenters. The Hall–Kier alpha value is -2.33. The SMILES string of the molecule is CC(C)c1ccccc1NC(=O)CNC(=O)Cc1ccc(Cl)cc1. The van der Waals surface area contributed by atoms with Crippen molar-refractivity contribution in [3.63, 3.8) is 0 Å². The van der Waals surface area contributed by atoms with Crippen LogP contribution < -0.4 is 10.6 Å². The van der Waals surface area contributed by atoms with Crippen LogP contribution in [0.5, 0.6) is 0 Å². The highest BCUT2D eigenvalue weighted by Crippen LogP contribution is 2.23. The first-order valence-electron chi connectivity index (χ1n) is 7.85. The normalized spacial score (nSPS) is 10.5. The lowest BCUT2D eigenvalue weighted by Gasteiger charge is -2.13. The van der Waals surface area contributed by atoms with E-state index in [9.17, 15) is 9.59 Å². The zero-order chi connectivity index (χ0) is 17.5. The molecule has 2 amide bonds. The summed E-state index contributed by atoms with van der Waals surface area (Å²) in [5, 5.41) is 6.11. The van der Waals surface area contributed by atoms with Crippen LogP contribution in [0, 0.1) is 0 Å². The van der Waals surface area contributed by atoms with E-state index in [4.69, 9.17) is 11.6 Å². The number of benzene rings is 2. The first-order valence-corrected chi connectivity index (χ1v) is 8.23. The molecule has 0 bridgehead atoms. The van der Waals surface area contributed by atoms with Gasteiger partial charge in [-0.2, -0.15) is 0 Å². The molecular formula is C19H21ClN2O2. The van der Waals surface area contributed by atoms with Gasteiger partial charge in [0.2, 0.25) is 11.8 Å². The number of carbonyl (C=O) groups is 2. The molecule has 2 aromatic rings. The Kier molecular flexibility index (Phi) is 6.38. The van der Waals surface area contributed by atoms with Gasteiger partial charge in [-0.15, -0.1) is 0 Å². The molecular weight excluding hydrogens is 324 g/mol. The number of para-hydroxylation sites is 1. The van der Waals surface area contributed by atoms with Gasteiger partial charge in [0, 0.05) is 10.7 Å². The van der Waals surface area contributed by atoms with Crippen molar-refractivity contribution < 1.29 is 9.59 Å². The van der Waals surface area contributed by atoms with Crippen LogP contribution in [0.15, 0.2) is 48.5 Å². The number of hydrogen-bond acceptors (Lipinski definition) is 2. The fourth-order valence-corrected chi connectivity index (χ4v) is 2.46. The Morgan fingerprint density at radius 3 is 2.33 bits per heavy atom. The summed E-state index contributed by atoms with van der Waals surface area (Å²) in [5.41, 5.74) is 2.70. The molecule has 0 aliphatic carbocycles. The zero-order valence-electron chi connectivity index (χ0n) is 13.8. The van der Waals surface area contributed by atoms with Crippen LogP contribution >= 0.6 is 11.6 Å². The van der Waals surface area contributed by atoms with E-state index in [1.54, 1.807) is 24.3 Å². The van der Waals surface area contributed by atoms with Gasteiger partial charge >= 0.3 is 0 Å². The maximum atomic E-state index is 12.0. The minimum Gasteiger partial charge on any atom is -0.347 e. The van der Waals surface area contributed by atoms with Crippen LogP contribution in [0.1, 0.15) is 30.9 Å². The van der Waals surface area contributed by atoms with Crippen molar-refractivity contribution in [3.8, 4) is 0 Å². The summed E-state index contributed by atoms with van der Waals surface area (Å²) in [7, 11) is 0. The summed E-state index contributed by atoms with van der Waals surface area (Å²) >= 11 is 5.81. The molecule has 0 saturated carbocycles. The fourth-order valence-electron chi connectivity index (χ4n) is 2.34. The van der Waals surface area contributed by atoms with Crippen molar-refractivity contribution in [1.82, 2.24) is 5.32 Å². The average molecular weight is 345 g/mol. The minimum atomic E-state index is -0.243. The van der Waals surface area contributed by atoms with E-state index in [0.717, 1.165) is 16.8 Å². The summed E-state index contributed by atoms with van der Waals surface area (Å²) in [4.78, 5) is 24.0. The number of carbonyl (C=O) groups excluding carboxylic acids is 2. The molecule has 0 saturated heterocycles. The third-order valence-corrected chi connectivity index (χ3v) is 3.83. The van der Waals surface area contributed by atoms with Gasteiger partial charge in [-0.05, 0) is 35.2 Å². The molecule has 2 aromatic carbocycles. The molecule has 0 fully saturated rings. The average Bonchev–Trinajstić information content (AvgIpc) is 2.55. The van der Waals surface area contributed by atoms with Crippen LogP contribution in [0.4, 0.5) is 5.69 Å². The Morgan fingerprint density at radius 2 is 1.67 bits per heavy atom. The molecule has 24 heavy (non-hydrogen) atoms. The molecule has 0 aliphatic rings. The highest BCUT2D eigenvalue weighted by molar-refractivity contribution is 6.30. The Bertz CT molecular complexity index is 712. The van der Waals surface area contributed by atoms with E-state index in [1.807, 2.05) is 24.3 Å². The molecule has 0 aliphatic heterocycles. The number of nitrogens with one attached hydrogen (secondary N) is 2. The van der Waals surface area contributed by atoms with Crippen molar-refractivity contribution in [3.05, 3.63) is 64.7 Å². The van der Waals surface area contributed by atoms with Gasteiger partial charge in [-0.3, -0.25) is 9.59 Å². The lowest BCUT2D eigenvalue weighted by atomic mass is 10.0.